The monoisotopic (exact) mass is 187 g/mol. The molecule has 0 aromatic heterocycles. The molecule has 0 aliphatic heterocycles. The number of nitrogens with two attached hydrogens (primary N) is 1. The van der Waals surface area contributed by atoms with E-state index in [-0.39, 0.29) is 0 Å². The van der Waals surface area contributed by atoms with E-state index < -0.39 is 6.67 Å². The minimum absolute atomic E-state index is 0.470. The summed E-state index contributed by atoms with van der Waals surface area (Å²) in [5, 5.41) is 0.607. The number of alkyl halides is 1. The molecule has 0 bridgehead atoms. The van der Waals surface area contributed by atoms with E-state index in [1.165, 1.54) is 0 Å². The van der Waals surface area contributed by atoms with Crippen LogP contribution in [0.3, 0.4) is 0 Å². The summed E-state index contributed by atoms with van der Waals surface area (Å²) in [5.74, 6) is 0. The van der Waals surface area contributed by atoms with E-state index in [0.717, 1.165) is 12.0 Å². The molecule has 0 saturated carbocycles. The van der Waals surface area contributed by atoms with Crippen LogP contribution in [0, 0.1) is 0 Å². The molecule has 3 heteroatoms. The first-order chi connectivity index (χ1) is 5.77. The molecule has 0 spiro atoms. The van der Waals surface area contributed by atoms with Crippen molar-refractivity contribution in [1.29, 1.82) is 0 Å². The van der Waals surface area contributed by atoms with Gasteiger partial charge in [0.25, 0.3) is 0 Å². The fourth-order valence-corrected chi connectivity index (χ4v) is 1.33. The number of hydrogen-bond donors (Lipinski definition) is 1. The highest BCUT2D eigenvalue weighted by molar-refractivity contribution is 6.31. The predicted octanol–water partition coefficient (Wildman–Crippen LogP) is 2.31. The van der Waals surface area contributed by atoms with Crippen LogP contribution in [-0.2, 0) is 13.1 Å². The van der Waals surface area contributed by atoms with Crippen molar-refractivity contribution in [3.63, 3.8) is 0 Å². The molecule has 0 fully saturated rings. The highest BCUT2D eigenvalue weighted by Gasteiger charge is 2.00. The zero-order valence-electron chi connectivity index (χ0n) is 6.69. The fourth-order valence-electron chi connectivity index (χ4n) is 1.03. The van der Waals surface area contributed by atoms with Gasteiger partial charge in [-0.3, -0.25) is 0 Å². The number of hydrogen-bond acceptors (Lipinski definition) is 1. The predicted molar refractivity (Wildman–Crippen MR) is 49.0 cm³/mol. The second-order valence-corrected chi connectivity index (χ2v) is 3.01. The largest absolute Gasteiger partial charge is 0.330 e. The number of benzene rings is 1. The van der Waals surface area contributed by atoms with Gasteiger partial charge in [-0.15, -0.1) is 0 Å². The van der Waals surface area contributed by atoms with Gasteiger partial charge < -0.3 is 5.73 Å². The van der Waals surface area contributed by atoms with Crippen molar-refractivity contribution in [2.24, 2.45) is 5.73 Å². The first-order valence-electron chi connectivity index (χ1n) is 3.81. The van der Waals surface area contributed by atoms with Crippen molar-refractivity contribution in [2.75, 3.05) is 6.54 Å². The normalized spacial score (nSPS) is 10.2. The van der Waals surface area contributed by atoms with Gasteiger partial charge in [0.1, 0.15) is 6.67 Å². The summed E-state index contributed by atoms with van der Waals surface area (Å²) in [5.41, 5.74) is 6.96. The molecule has 0 saturated heterocycles. The molecule has 0 radical (unpaired) electrons. The fraction of sp³-hybridized carbons (Fsp3) is 0.333. The van der Waals surface area contributed by atoms with Gasteiger partial charge in [0.15, 0.2) is 0 Å². The molecule has 1 nitrogen and oxygen atoms in total. The maximum Gasteiger partial charge on any atom is 0.115 e. The molecule has 2 N–H and O–H groups in total. The maximum atomic E-state index is 12.1. The third-order valence-corrected chi connectivity index (χ3v) is 2.04. The summed E-state index contributed by atoms with van der Waals surface area (Å²) in [6.07, 6.45) is 0.741. The van der Waals surface area contributed by atoms with Crippen molar-refractivity contribution >= 4 is 11.6 Å². The van der Waals surface area contributed by atoms with E-state index in [2.05, 4.69) is 0 Å². The lowest BCUT2D eigenvalue weighted by Gasteiger charge is -2.03. The molecule has 66 valence electrons. The second-order valence-electron chi connectivity index (χ2n) is 2.60. The smallest absolute Gasteiger partial charge is 0.115 e. The quantitative estimate of drug-likeness (QED) is 0.772. The average Bonchev–Trinajstić information content (AvgIpc) is 2.09. The molecule has 0 aliphatic carbocycles. The summed E-state index contributed by atoms with van der Waals surface area (Å²) >= 11 is 5.86. The van der Waals surface area contributed by atoms with Crippen molar-refractivity contribution < 1.29 is 4.39 Å². The summed E-state index contributed by atoms with van der Waals surface area (Å²) in [6.45, 7) is 0.0946. The van der Waals surface area contributed by atoms with Crippen LogP contribution < -0.4 is 5.73 Å². The third-order valence-electron chi connectivity index (χ3n) is 1.69. The second kappa shape index (κ2) is 4.43. The minimum atomic E-state index is -0.470. The standard InChI is InChI=1S/C9H11ClFN/c10-9-5-7(6-11)1-2-8(9)3-4-12/h1-2,5H,3-4,6,12H2. The molecule has 0 amide bonds. The Labute approximate surface area is 76.3 Å². The molecule has 0 unspecified atom stereocenters. The van der Waals surface area contributed by atoms with Gasteiger partial charge in [-0.2, -0.15) is 0 Å². The number of halogens is 2. The minimum Gasteiger partial charge on any atom is -0.330 e. The van der Waals surface area contributed by atoms with E-state index in [4.69, 9.17) is 17.3 Å². The lowest BCUT2D eigenvalue weighted by Crippen LogP contribution is -2.03. The van der Waals surface area contributed by atoms with Crippen LogP contribution in [0.1, 0.15) is 11.1 Å². The Morgan fingerprint density at radius 2 is 2.17 bits per heavy atom. The molecule has 0 atom stereocenters. The molecule has 0 aliphatic rings. The van der Waals surface area contributed by atoms with Crippen LogP contribution >= 0.6 is 11.6 Å². The summed E-state index contributed by atoms with van der Waals surface area (Å²) in [7, 11) is 0. The van der Waals surface area contributed by atoms with E-state index in [1.54, 1.807) is 12.1 Å². The van der Waals surface area contributed by atoms with E-state index in [9.17, 15) is 4.39 Å². The topological polar surface area (TPSA) is 26.0 Å². The Morgan fingerprint density at radius 1 is 1.42 bits per heavy atom. The number of rotatable bonds is 3. The molecule has 1 rings (SSSR count). The Balaban J connectivity index is 2.87. The van der Waals surface area contributed by atoms with Gasteiger partial charge >= 0.3 is 0 Å². The molecular formula is C9H11ClFN. The van der Waals surface area contributed by atoms with Gasteiger partial charge in [-0.1, -0.05) is 23.7 Å². The lowest BCUT2D eigenvalue weighted by molar-refractivity contribution is 0.485. The Hall–Kier alpha value is -0.600. The summed E-state index contributed by atoms with van der Waals surface area (Å²) in [6, 6.07) is 5.20. The maximum absolute atomic E-state index is 12.1. The van der Waals surface area contributed by atoms with Crippen LogP contribution in [0.4, 0.5) is 4.39 Å². The Bertz CT molecular complexity index is 263. The van der Waals surface area contributed by atoms with Crippen LogP contribution in [0.2, 0.25) is 5.02 Å². The van der Waals surface area contributed by atoms with Gasteiger partial charge in [0.05, 0.1) is 0 Å². The Kier molecular flexibility index (Phi) is 3.50. The first kappa shape index (κ1) is 9.49. The molecular weight excluding hydrogens is 177 g/mol. The van der Waals surface area contributed by atoms with Crippen molar-refractivity contribution in [3.8, 4) is 0 Å². The molecule has 1 aromatic rings. The van der Waals surface area contributed by atoms with Gasteiger partial charge in [-0.25, -0.2) is 4.39 Å². The van der Waals surface area contributed by atoms with Crippen LogP contribution in [0.5, 0.6) is 0 Å². The molecule has 0 heterocycles. The van der Waals surface area contributed by atoms with Crippen molar-refractivity contribution in [1.82, 2.24) is 0 Å². The van der Waals surface area contributed by atoms with Crippen molar-refractivity contribution in [2.45, 2.75) is 13.1 Å². The molecule has 1 aromatic carbocycles. The highest BCUT2D eigenvalue weighted by atomic mass is 35.5. The van der Waals surface area contributed by atoms with E-state index >= 15 is 0 Å². The first-order valence-corrected chi connectivity index (χ1v) is 4.19. The Morgan fingerprint density at radius 3 is 2.67 bits per heavy atom. The van der Waals surface area contributed by atoms with Gasteiger partial charge in [-0.05, 0) is 30.2 Å². The van der Waals surface area contributed by atoms with Crippen LogP contribution in [0.15, 0.2) is 18.2 Å². The third kappa shape index (κ3) is 2.19. The van der Waals surface area contributed by atoms with E-state index in [0.29, 0.717) is 17.1 Å². The highest BCUT2D eigenvalue weighted by Crippen LogP contribution is 2.18. The van der Waals surface area contributed by atoms with Gasteiger partial charge in [0.2, 0.25) is 0 Å². The summed E-state index contributed by atoms with van der Waals surface area (Å²) in [4.78, 5) is 0. The van der Waals surface area contributed by atoms with Crippen LogP contribution in [-0.4, -0.2) is 6.54 Å². The average molecular weight is 188 g/mol. The SMILES string of the molecule is NCCc1ccc(CF)cc1Cl. The van der Waals surface area contributed by atoms with Gasteiger partial charge in [0, 0.05) is 5.02 Å². The summed E-state index contributed by atoms with van der Waals surface area (Å²) < 4.78 is 12.1. The zero-order valence-corrected chi connectivity index (χ0v) is 7.44. The van der Waals surface area contributed by atoms with Crippen LogP contribution in [0.25, 0.3) is 0 Å². The molecule has 12 heavy (non-hydrogen) atoms. The van der Waals surface area contributed by atoms with Crippen molar-refractivity contribution in [3.05, 3.63) is 34.3 Å². The zero-order chi connectivity index (χ0) is 8.97. The van der Waals surface area contributed by atoms with E-state index in [1.807, 2.05) is 6.07 Å². The lowest BCUT2D eigenvalue weighted by atomic mass is 10.1.